The molecule has 3 atom stereocenters. The fraction of sp³-hybridized carbons (Fsp3) is 0.714. The van der Waals surface area contributed by atoms with Gasteiger partial charge in [-0.3, -0.25) is 14.9 Å². The van der Waals surface area contributed by atoms with Crippen molar-refractivity contribution in [1.29, 1.82) is 0 Å². The molecule has 1 fully saturated rings. The van der Waals surface area contributed by atoms with Gasteiger partial charge in [-0.05, 0) is 25.1 Å². The monoisotopic (exact) mass is 513 g/mol. The lowest BCUT2D eigenvalue weighted by molar-refractivity contribution is -0.119. The minimum Gasteiger partial charge on any atom is -0.410 e. The summed E-state index contributed by atoms with van der Waals surface area (Å²) in [5, 5.41) is 2.50. The summed E-state index contributed by atoms with van der Waals surface area (Å²) in [6.45, 7) is 15.3. The molecular weight excluding hydrogens is 478 g/mol. The van der Waals surface area contributed by atoms with Crippen LogP contribution in [0.25, 0.3) is 11.2 Å². The lowest BCUT2D eigenvalue weighted by Gasteiger charge is -2.39. The van der Waals surface area contributed by atoms with Crippen molar-refractivity contribution < 1.29 is 22.4 Å². The van der Waals surface area contributed by atoms with E-state index in [0.29, 0.717) is 0 Å². The average molecular weight is 514 g/mol. The number of amides is 1. The van der Waals surface area contributed by atoms with Gasteiger partial charge in [-0.1, -0.05) is 34.6 Å². The van der Waals surface area contributed by atoms with Crippen LogP contribution in [0, 0.1) is 5.92 Å². The number of nitrogens with one attached hydrogen (secondary N) is 2. The van der Waals surface area contributed by atoms with Gasteiger partial charge < -0.3 is 14.1 Å². The minimum atomic E-state index is -3.71. The van der Waals surface area contributed by atoms with E-state index in [1.807, 2.05) is 13.1 Å². The summed E-state index contributed by atoms with van der Waals surface area (Å²) < 4.78 is 39.2. The van der Waals surface area contributed by atoms with Crippen molar-refractivity contribution in [2.45, 2.75) is 83.4 Å². The number of hydrogen-bond donors (Lipinski definition) is 2. The Morgan fingerprint density at radius 2 is 2.00 bits per heavy atom. The molecular formula is C21H35N5O6SSi. The topological polar surface area (TPSA) is 145 Å². The molecule has 11 nitrogen and oxygen atoms in total. The van der Waals surface area contributed by atoms with E-state index < -0.39 is 41.0 Å². The third-order valence-corrected chi connectivity index (χ3v) is 12.4. The van der Waals surface area contributed by atoms with Gasteiger partial charge in [0.2, 0.25) is 11.9 Å². The van der Waals surface area contributed by atoms with Crippen molar-refractivity contribution in [3.05, 3.63) is 16.7 Å². The lowest BCUT2D eigenvalue weighted by Crippen LogP contribution is -2.47. The molecule has 0 unspecified atom stereocenters. The van der Waals surface area contributed by atoms with Crippen molar-refractivity contribution in [2.24, 2.45) is 5.92 Å². The first kappa shape index (κ1) is 26.5. The number of fused-ring (bicyclic) bond motifs is 1. The van der Waals surface area contributed by atoms with E-state index in [2.05, 4.69) is 41.0 Å². The summed E-state index contributed by atoms with van der Waals surface area (Å²) in [5.74, 6) is -0.798. The average Bonchev–Trinajstić information content (AvgIpc) is 3.25. The Bertz CT molecular complexity index is 1260. The number of rotatable bonds is 6. The predicted molar refractivity (Wildman–Crippen MR) is 132 cm³/mol. The van der Waals surface area contributed by atoms with Gasteiger partial charge in [0.1, 0.15) is 0 Å². The summed E-state index contributed by atoms with van der Waals surface area (Å²) >= 11 is 0. The second kappa shape index (κ2) is 8.54. The standard InChI is InChI=1S/C21H35N5O6SSi/c1-12(2)16(27)25-19-24-15-14(22-11-23-15)17(28)26(19)21(6)10-13(18(31-21)33(7,29)30)32-34(8,9)20(3,4)5/h11-13,18H,10H2,1-9H3,(H,22,23)(H,24,25,27)/t13-,18+,21+/m0/s1. The molecule has 3 heterocycles. The number of ether oxygens (including phenoxy) is 1. The summed E-state index contributed by atoms with van der Waals surface area (Å²) in [4.78, 5) is 37.2. The number of aromatic nitrogens is 4. The number of carbonyl (C=O) groups is 1. The van der Waals surface area contributed by atoms with Crippen LogP contribution in [0.2, 0.25) is 18.1 Å². The third-order valence-electron chi connectivity index (χ3n) is 6.62. The molecule has 2 aromatic rings. The van der Waals surface area contributed by atoms with Gasteiger partial charge in [-0.25, -0.2) is 18.0 Å². The molecule has 0 saturated carbocycles. The summed E-state index contributed by atoms with van der Waals surface area (Å²) in [7, 11) is -6.10. The van der Waals surface area contributed by atoms with E-state index >= 15 is 0 Å². The number of aromatic amines is 1. The third kappa shape index (κ3) is 4.83. The van der Waals surface area contributed by atoms with Gasteiger partial charge in [0.15, 0.2) is 40.5 Å². The molecule has 0 spiro atoms. The van der Waals surface area contributed by atoms with Crippen LogP contribution in [0.4, 0.5) is 5.95 Å². The number of sulfone groups is 1. The second-order valence-corrected chi connectivity index (χ2v) is 17.8. The Labute approximate surface area is 200 Å². The molecule has 1 amide bonds. The van der Waals surface area contributed by atoms with Crippen LogP contribution in [0.5, 0.6) is 0 Å². The molecule has 0 aromatic carbocycles. The Kier molecular flexibility index (Phi) is 6.66. The van der Waals surface area contributed by atoms with Gasteiger partial charge in [0.05, 0.1) is 12.4 Å². The summed E-state index contributed by atoms with van der Waals surface area (Å²) in [6.07, 6.45) is 1.69. The van der Waals surface area contributed by atoms with E-state index in [-0.39, 0.29) is 40.4 Å². The van der Waals surface area contributed by atoms with E-state index in [9.17, 15) is 18.0 Å². The highest BCUT2D eigenvalue weighted by molar-refractivity contribution is 7.91. The molecule has 0 bridgehead atoms. The minimum absolute atomic E-state index is 0.0639. The lowest BCUT2D eigenvalue weighted by atomic mass is 10.1. The van der Waals surface area contributed by atoms with Gasteiger partial charge >= 0.3 is 0 Å². The van der Waals surface area contributed by atoms with Crippen LogP contribution in [0.15, 0.2) is 11.1 Å². The summed E-state index contributed by atoms with van der Waals surface area (Å²) in [6, 6.07) is 0. The zero-order chi connectivity index (χ0) is 25.9. The van der Waals surface area contributed by atoms with Gasteiger partial charge in [0.25, 0.3) is 5.56 Å². The molecule has 2 aromatic heterocycles. The first-order chi connectivity index (χ1) is 15.4. The van der Waals surface area contributed by atoms with E-state index in [0.717, 1.165) is 6.26 Å². The van der Waals surface area contributed by atoms with Gasteiger partial charge in [-0.15, -0.1) is 0 Å². The number of anilines is 1. The van der Waals surface area contributed by atoms with Crippen LogP contribution < -0.4 is 10.9 Å². The summed E-state index contributed by atoms with van der Waals surface area (Å²) in [5.41, 5.74) is -3.02. The van der Waals surface area contributed by atoms with Crippen molar-refractivity contribution >= 4 is 41.2 Å². The smallest absolute Gasteiger partial charge is 0.283 e. The van der Waals surface area contributed by atoms with Crippen LogP contribution in [-0.4, -0.2) is 60.0 Å². The maximum atomic E-state index is 13.5. The van der Waals surface area contributed by atoms with Crippen molar-refractivity contribution in [3.63, 3.8) is 0 Å². The quantitative estimate of drug-likeness (QED) is 0.561. The fourth-order valence-electron chi connectivity index (χ4n) is 3.67. The molecule has 1 saturated heterocycles. The Balaban J connectivity index is 2.16. The molecule has 1 aliphatic heterocycles. The number of hydrogen-bond acceptors (Lipinski definition) is 8. The molecule has 0 aliphatic carbocycles. The predicted octanol–water partition coefficient (Wildman–Crippen LogP) is 2.57. The van der Waals surface area contributed by atoms with Crippen LogP contribution >= 0.6 is 0 Å². The maximum absolute atomic E-state index is 13.5. The molecule has 1 aliphatic rings. The highest BCUT2D eigenvalue weighted by atomic mass is 32.2. The van der Waals surface area contributed by atoms with E-state index in [4.69, 9.17) is 9.16 Å². The molecule has 3 rings (SSSR count). The van der Waals surface area contributed by atoms with Crippen molar-refractivity contribution in [1.82, 2.24) is 19.5 Å². The highest BCUT2D eigenvalue weighted by Gasteiger charge is 2.54. The molecule has 190 valence electrons. The number of H-pyrrole nitrogens is 1. The Morgan fingerprint density at radius 1 is 1.38 bits per heavy atom. The fourth-order valence-corrected chi connectivity index (χ4v) is 6.17. The number of carbonyl (C=O) groups excluding carboxylic acids is 1. The van der Waals surface area contributed by atoms with Crippen molar-refractivity contribution in [2.75, 3.05) is 11.6 Å². The van der Waals surface area contributed by atoms with Crippen LogP contribution in [-0.2, 0) is 29.5 Å². The highest BCUT2D eigenvalue weighted by Crippen LogP contribution is 2.44. The first-order valence-corrected chi connectivity index (χ1v) is 16.1. The van der Waals surface area contributed by atoms with Gasteiger partial charge in [0, 0.05) is 18.6 Å². The first-order valence-electron chi connectivity index (χ1n) is 11.2. The number of nitrogens with zero attached hydrogens (tertiary/aromatic N) is 3. The van der Waals surface area contributed by atoms with Gasteiger partial charge in [-0.2, -0.15) is 4.98 Å². The van der Waals surface area contributed by atoms with Crippen molar-refractivity contribution in [3.8, 4) is 0 Å². The molecule has 0 radical (unpaired) electrons. The molecule has 2 N–H and O–H groups in total. The normalized spacial score (nSPS) is 24.2. The van der Waals surface area contributed by atoms with Crippen LogP contribution in [0.3, 0.4) is 0 Å². The zero-order valence-electron chi connectivity index (χ0n) is 21.2. The largest absolute Gasteiger partial charge is 0.410 e. The number of imidazole rings is 1. The Hall–Kier alpha value is -2.09. The SMILES string of the molecule is CC(C)C(=O)Nc1nc2nc[nH]c2c(=O)n1[C@@]1(C)C[C@H](O[Si](C)(C)C(C)(C)C)[C@@H](S(C)(=O)=O)O1. The maximum Gasteiger partial charge on any atom is 0.283 e. The van der Waals surface area contributed by atoms with Crippen LogP contribution in [0.1, 0.15) is 48.0 Å². The molecule has 13 heteroatoms. The second-order valence-electron chi connectivity index (χ2n) is 10.9. The van der Waals surface area contributed by atoms with E-state index in [1.54, 1.807) is 20.8 Å². The Morgan fingerprint density at radius 3 is 2.53 bits per heavy atom. The molecule has 34 heavy (non-hydrogen) atoms. The van der Waals surface area contributed by atoms with E-state index in [1.165, 1.54) is 10.9 Å². The zero-order valence-corrected chi connectivity index (χ0v) is 23.0.